The number of furan rings is 1. The highest BCUT2D eigenvalue weighted by Gasteiger charge is 2.13. The summed E-state index contributed by atoms with van der Waals surface area (Å²) in [4.78, 5) is 24.8. The Kier molecular flexibility index (Phi) is 4.71. The van der Waals surface area contributed by atoms with Crippen LogP contribution in [0.15, 0.2) is 47.1 Å². The molecule has 0 unspecified atom stereocenters. The summed E-state index contributed by atoms with van der Waals surface area (Å²) in [5.41, 5.74) is 0.580. The number of rotatable bonds is 5. The van der Waals surface area contributed by atoms with Crippen molar-refractivity contribution in [3.63, 3.8) is 0 Å². The zero-order valence-corrected chi connectivity index (χ0v) is 11.5. The number of amides is 2. The minimum atomic E-state index is -0.367. The largest absolute Gasteiger partial charge is 0.459 e. The predicted molar refractivity (Wildman–Crippen MR) is 75.5 cm³/mol. The van der Waals surface area contributed by atoms with Gasteiger partial charge in [0.15, 0.2) is 5.76 Å². The van der Waals surface area contributed by atoms with E-state index in [1.165, 1.54) is 42.4 Å². The van der Waals surface area contributed by atoms with Crippen LogP contribution in [0.3, 0.4) is 0 Å². The Hall–Kier alpha value is -2.63. The van der Waals surface area contributed by atoms with Crippen molar-refractivity contribution in [3.8, 4) is 0 Å². The molecule has 0 saturated heterocycles. The first-order valence-electron chi connectivity index (χ1n) is 6.43. The first kappa shape index (κ1) is 14.8. The minimum absolute atomic E-state index is 0.186. The molecule has 1 aromatic carbocycles. The van der Waals surface area contributed by atoms with E-state index in [1.54, 1.807) is 12.1 Å². The summed E-state index contributed by atoms with van der Waals surface area (Å²) in [6.07, 6.45) is 1.41. The normalized spacial score (nSPS) is 10.2. The lowest BCUT2D eigenvalue weighted by molar-refractivity contribution is -0.116. The predicted octanol–water partition coefficient (Wildman–Crippen LogP) is 2.20. The molecule has 0 bridgehead atoms. The zero-order valence-electron chi connectivity index (χ0n) is 11.5. The summed E-state index contributed by atoms with van der Waals surface area (Å²) in [7, 11) is 0. The van der Waals surface area contributed by atoms with Gasteiger partial charge in [0.2, 0.25) is 5.91 Å². The highest BCUT2D eigenvalue weighted by Crippen LogP contribution is 2.14. The van der Waals surface area contributed by atoms with E-state index in [0.29, 0.717) is 5.69 Å². The molecule has 0 aliphatic heterocycles. The summed E-state index contributed by atoms with van der Waals surface area (Å²) in [5, 5.41) is 2.65. The van der Waals surface area contributed by atoms with Crippen molar-refractivity contribution >= 4 is 17.5 Å². The molecule has 6 heteroatoms. The van der Waals surface area contributed by atoms with Crippen molar-refractivity contribution in [2.75, 3.05) is 18.0 Å². The van der Waals surface area contributed by atoms with Crippen molar-refractivity contribution < 1.29 is 18.4 Å². The maximum absolute atomic E-state index is 12.9. The Labute approximate surface area is 121 Å². The van der Waals surface area contributed by atoms with E-state index in [1.807, 2.05) is 0 Å². The van der Waals surface area contributed by atoms with Gasteiger partial charge in [0.25, 0.3) is 5.91 Å². The lowest BCUT2D eigenvalue weighted by atomic mass is 10.2. The molecule has 0 aliphatic rings. The van der Waals surface area contributed by atoms with E-state index in [-0.39, 0.29) is 36.5 Å². The van der Waals surface area contributed by atoms with E-state index in [2.05, 4.69) is 5.32 Å². The number of hydrogen-bond acceptors (Lipinski definition) is 3. The maximum atomic E-state index is 12.9. The molecule has 0 spiro atoms. The molecule has 1 heterocycles. The van der Waals surface area contributed by atoms with Crippen LogP contribution < -0.4 is 10.2 Å². The summed E-state index contributed by atoms with van der Waals surface area (Å²) in [6, 6.07) is 8.78. The average Bonchev–Trinajstić information content (AvgIpc) is 2.98. The van der Waals surface area contributed by atoms with Crippen molar-refractivity contribution in [1.29, 1.82) is 0 Å². The highest BCUT2D eigenvalue weighted by atomic mass is 19.1. The van der Waals surface area contributed by atoms with Gasteiger partial charge >= 0.3 is 0 Å². The molecule has 110 valence electrons. The molecular formula is C15H15FN2O3. The summed E-state index contributed by atoms with van der Waals surface area (Å²) < 4.78 is 17.9. The van der Waals surface area contributed by atoms with Gasteiger partial charge in [-0.25, -0.2) is 4.39 Å². The fraction of sp³-hybridized carbons (Fsp3) is 0.200. The molecule has 2 amide bonds. The maximum Gasteiger partial charge on any atom is 0.287 e. The molecule has 2 rings (SSSR count). The van der Waals surface area contributed by atoms with E-state index < -0.39 is 0 Å². The first-order chi connectivity index (χ1) is 10.1. The number of carbonyl (C=O) groups is 2. The molecule has 5 nitrogen and oxygen atoms in total. The molecule has 0 aliphatic carbocycles. The molecular weight excluding hydrogens is 275 g/mol. The lowest BCUT2D eigenvalue weighted by Gasteiger charge is -2.21. The van der Waals surface area contributed by atoms with Crippen LogP contribution in [0, 0.1) is 5.82 Å². The van der Waals surface area contributed by atoms with Gasteiger partial charge in [-0.3, -0.25) is 9.59 Å². The number of anilines is 1. The second kappa shape index (κ2) is 6.69. The van der Waals surface area contributed by atoms with Gasteiger partial charge in [0.1, 0.15) is 5.82 Å². The Bertz CT molecular complexity index is 608. The highest BCUT2D eigenvalue weighted by molar-refractivity contribution is 5.92. The van der Waals surface area contributed by atoms with Crippen LogP contribution >= 0.6 is 0 Å². The van der Waals surface area contributed by atoms with Crippen LogP contribution in [0.4, 0.5) is 10.1 Å². The van der Waals surface area contributed by atoms with Crippen molar-refractivity contribution in [2.45, 2.75) is 6.92 Å². The molecule has 21 heavy (non-hydrogen) atoms. The molecule has 1 aromatic heterocycles. The number of nitrogens with zero attached hydrogens (tertiary/aromatic N) is 1. The van der Waals surface area contributed by atoms with E-state index in [0.717, 1.165) is 0 Å². The van der Waals surface area contributed by atoms with Gasteiger partial charge in [-0.1, -0.05) is 0 Å². The second-order valence-corrected chi connectivity index (χ2v) is 4.38. The third kappa shape index (κ3) is 3.92. The second-order valence-electron chi connectivity index (χ2n) is 4.38. The lowest BCUT2D eigenvalue weighted by Crippen LogP contribution is -2.37. The summed E-state index contributed by atoms with van der Waals surface area (Å²) in [6.45, 7) is 1.96. The summed E-state index contributed by atoms with van der Waals surface area (Å²) >= 11 is 0. The quantitative estimate of drug-likeness (QED) is 0.918. The molecule has 2 aromatic rings. The van der Waals surface area contributed by atoms with Crippen molar-refractivity contribution in [3.05, 3.63) is 54.2 Å². The van der Waals surface area contributed by atoms with Crippen molar-refractivity contribution in [1.82, 2.24) is 5.32 Å². The number of carbonyl (C=O) groups excluding carboxylic acids is 2. The van der Waals surface area contributed by atoms with E-state index in [9.17, 15) is 14.0 Å². The zero-order chi connectivity index (χ0) is 15.2. The van der Waals surface area contributed by atoms with Gasteiger partial charge in [0.05, 0.1) is 6.26 Å². The van der Waals surface area contributed by atoms with E-state index >= 15 is 0 Å². The van der Waals surface area contributed by atoms with Gasteiger partial charge in [0, 0.05) is 25.7 Å². The molecule has 0 saturated carbocycles. The number of halogens is 1. The molecule has 0 fully saturated rings. The third-order valence-electron chi connectivity index (χ3n) is 2.88. The van der Waals surface area contributed by atoms with Crippen LogP contribution in [-0.4, -0.2) is 24.9 Å². The third-order valence-corrected chi connectivity index (χ3v) is 2.88. The molecule has 1 N–H and O–H groups in total. The molecule has 0 radical (unpaired) electrons. The first-order valence-corrected chi connectivity index (χ1v) is 6.43. The summed E-state index contributed by atoms with van der Waals surface area (Å²) in [5.74, 6) is -0.684. The van der Waals surface area contributed by atoms with Gasteiger partial charge in [-0.2, -0.15) is 0 Å². The fourth-order valence-corrected chi connectivity index (χ4v) is 1.87. The fourth-order valence-electron chi connectivity index (χ4n) is 1.87. The van der Waals surface area contributed by atoms with Gasteiger partial charge < -0.3 is 14.6 Å². The van der Waals surface area contributed by atoms with Crippen LogP contribution in [0.25, 0.3) is 0 Å². The van der Waals surface area contributed by atoms with Crippen LogP contribution in [0.5, 0.6) is 0 Å². The minimum Gasteiger partial charge on any atom is -0.459 e. The SMILES string of the molecule is CC(=O)N(CCNC(=O)c1ccco1)c1ccc(F)cc1. The van der Waals surface area contributed by atoms with Crippen LogP contribution in [-0.2, 0) is 4.79 Å². The Morgan fingerprint density at radius 2 is 1.95 bits per heavy atom. The Morgan fingerprint density at radius 3 is 2.52 bits per heavy atom. The smallest absolute Gasteiger partial charge is 0.287 e. The van der Waals surface area contributed by atoms with Crippen molar-refractivity contribution in [2.24, 2.45) is 0 Å². The Balaban J connectivity index is 1.93. The standard InChI is InChI=1S/C15H15FN2O3/c1-11(19)18(13-6-4-12(16)5-7-13)9-8-17-15(20)14-3-2-10-21-14/h2-7,10H,8-9H2,1H3,(H,17,20). The van der Waals surface area contributed by atoms with Crippen LogP contribution in [0.1, 0.15) is 17.5 Å². The number of benzene rings is 1. The number of hydrogen-bond donors (Lipinski definition) is 1. The van der Waals surface area contributed by atoms with Gasteiger partial charge in [-0.05, 0) is 36.4 Å². The Morgan fingerprint density at radius 1 is 1.24 bits per heavy atom. The number of nitrogens with one attached hydrogen (secondary N) is 1. The van der Waals surface area contributed by atoms with Gasteiger partial charge in [-0.15, -0.1) is 0 Å². The van der Waals surface area contributed by atoms with Crippen LogP contribution in [0.2, 0.25) is 0 Å². The topological polar surface area (TPSA) is 62.6 Å². The van der Waals surface area contributed by atoms with E-state index in [4.69, 9.17) is 4.42 Å². The average molecular weight is 290 g/mol. The molecule has 0 atom stereocenters. The monoisotopic (exact) mass is 290 g/mol.